The van der Waals surface area contributed by atoms with E-state index in [2.05, 4.69) is 4.98 Å². The number of fused-ring (bicyclic) bond motifs is 1. The number of aromatic nitrogens is 1. The summed E-state index contributed by atoms with van der Waals surface area (Å²) in [5.41, 5.74) is 2.26. The van der Waals surface area contributed by atoms with Gasteiger partial charge in [-0.2, -0.15) is 0 Å². The average molecular weight is 251 g/mol. The predicted molar refractivity (Wildman–Crippen MR) is 76.6 cm³/mol. The molecule has 3 rings (SSSR count). The molecule has 0 fully saturated rings. The van der Waals surface area contributed by atoms with E-state index in [1.807, 2.05) is 54.6 Å². The largest absolute Gasteiger partial charge is 0.497 e. The number of pyridine rings is 1. The Hall–Kier alpha value is -2.55. The fourth-order valence-electron chi connectivity index (χ4n) is 2.15. The van der Waals surface area contributed by atoms with Crippen LogP contribution in [0.15, 0.2) is 59.4 Å². The maximum atomic E-state index is 12.1. The van der Waals surface area contributed by atoms with Gasteiger partial charge in [0.25, 0.3) is 5.56 Å². The van der Waals surface area contributed by atoms with Gasteiger partial charge in [0.05, 0.1) is 7.11 Å². The van der Waals surface area contributed by atoms with Crippen molar-refractivity contribution in [1.82, 2.24) is 4.98 Å². The lowest BCUT2D eigenvalue weighted by atomic mass is 10.0. The molecule has 0 aliphatic rings. The molecule has 0 aliphatic heterocycles. The monoisotopic (exact) mass is 251 g/mol. The van der Waals surface area contributed by atoms with Crippen LogP contribution in [0.5, 0.6) is 5.75 Å². The number of benzene rings is 2. The average Bonchev–Trinajstić information content (AvgIpc) is 2.46. The van der Waals surface area contributed by atoms with E-state index in [1.54, 1.807) is 7.11 Å². The Bertz CT molecular complexity index is 790. The van der Waals surface area contributed by atoms with Crippen LogP contribution >= 0.6 is 0 Å². The second kappa shape index (κ2) is 4.61. The van der Waals surface area contributed by atoms with Gasteiger partial charge in [-0.25, -0.2) is 0 Å². The van der Waals surface area contributed by atoms with Crippen LogP contribution in [-0.4, -0.2) is 12.1 Å². The van der Waals surface area contributed by atoms with Crippen LogP contribution < -0.4 is 10.3 Å². The van der Waals surface area contributed by atoms with Crippen molar-refractivity contribution in [3.05, 3.63) is 65.0 Å². The van der Waals surface area contributed by atoms with Crippen molar-refractivity contribution in [2.24, 2.45) is 0 Å². The van der Waals surface area contributed by atoms with Crippen molar-refractivity contribution in [2.75, 3.05) is 7.11 Å². The normalized spacial score (nSPS) is 10.6. The Labute approximate surface area is 110 Å². The van der Waals surface area contributed by atoms with E-state index in [0.717, 1.165) is 22.2 Å². The summed E-state index contributed by atoms with van der Waals surface area (Å²) in [6.45, 7) is 0. The van der Waals surface area contributed by atoms with Crippen LogP contribution in [0, 0.1) is 0 Å². The predicted octanol–water partition coefficient (Wildman–Crippen LogP) is 3.20. The Kier molecular flexibility index (Phi) is 2.80. The SMILES string of the molecule is COc1cccc(-c2cc3ccccc3[nH]c2=O)c1. The number of H-pyrrole nitrogens is 1. The van der Waals surface area contributed by atoms with Crippen LogP contribution in [0.2, 0.25) is 0 Å². The summed E-state index contributed by atoms with van der Waals surface area (Å²) in [6.07, 6.45) is 0. The molecule has 2 aromatic carbocycles. The highest BCUT2D eigenvalue weighted by molar-refractivity contribution is 5.83. The van der Waals surface area contributed by atoms with E-state index in [0.29, 0.717) is 5.56 Å². The first-order valence-corrected chi connectivity index (χ1v) is 6.04. The van der Waals surface area contributed by atoms with E-state index in [1.165, 1.54) is 0 Å². The van der Waals surface area contributed by atoms with E-state index in [9.17, 15) is 4.79 Å². The lowest BCUT2D eigenvalue weighted by Crippen LogP contribution is -2.08. The smallest absolute Gasteiger partial charge is 0.256 e. The van der Waals surface area contributed by atoms with Crippen LogP contribution in [0.3, 0.4) is 0 Å². The molecule has 0 spiro atoms. The highest BCUT2D eigenvalue weighted by Gasteiger charge is 2.06. The fraction of sp³-hybridized carbons (Fsp3) is 0.0625. The van der Waals surface area contributed by atoms with Crippen molar-refractivity contribution < 1.29 is 4.74 Å². The van der Waals surface area contributed by atoms with Gasteiger partial charge < -0.3 is 9.72 Å². The number of nitrogens with one attached hydrogen (secondary N) is 1. The van der Waals surface area contributed by atoms with Crippen molar-refractivity contribution in [3.8, 4) is 16.9 Å². The molecule has 1 aromatic heterocycles. The van der Waals surface area contributed by atoms with E-state index in [4.69, 9.17) is 4.74 Å². The maximum absolute atomic E-state index is 12.1. The third-order valence-corrected chi connectivity index (χ3v) is 3.13. The first kappa shape index (κ1) is 11.5. The van der Waals surface area contributed by atoms with E-state index < -0.39 is 0 Å². The van der Waals surface area contributed by atoms with Gasteiger partial charge in [0.15, 0.2) is 0 Å². The number of methoxy groups -OCH3 is 1. The number of rotatable bonds is 2. The quantitative estimate of drug-likeness (QED) is 0.760. The van der Waals surface area contributed by atoms with Gasteiger partial charge in [0.1, 0.15) is 5.75 Å². The molecule has 3 aromatic rings. The molecule has 1 N–H and O–H groups in total. The van der Waals surface area contributed by atoms with Gasteiger partial charge in [-0.05, 0) is 35.2 Å². The second-order valence-corrected chi connectivity index (χ2v) is 4.33. The number of aromatic amines is 1. The minimum atomic E-state index is -0.0908. The zero-order valence-electron chi connectivity index (χ0n) is 10.5. The summed E-state index contributed by atoms with van der Waals surface area (Å²) >= 11 is 0. The van der Waals surface area contributed by atoms with Crippen molar-refractivity contribution in [2.45, 2.75) is 0 Å². The third-order valence-electron chi connectivity index (χ3n) is 3.13. The molecule has 0 unspecified atom stereocenters. The number of ether oxygens (including phenoxy) is 1. The molecule has 0 bridgehead atoms. The molecule has 0 amide bonds. The van der Waals surface area contributed by atoms with Gasteiger partial charge in [-0.15, -0.1) is 0 Å². The highest BCUT2D eigenvalue weighted by atomic mass is 16.5. The zero-order chi connectivity index (χ0) is 13.2. The van der Waals surface area contributed by atoms with Crippen LogP contribution in [-0.2, 0) is 0 Å². The van der Waals surface area contributed by atoms with Gasteiger partial charge in [0.2, 0.25) is 0 Å². The van der Waals surface area contributed by atoms with Crippen molar-refractivity contribution in [1.29, 1.82) is 0 Å². The molecule has 1 heterocycles. The summed E-state index contributed by atoms with van der Waals surface area (Å²) in [7, 11) is 1.61. The first-order chi connectivity index (χ1) is 9.28. The molecule has 94 valence electrons. The number of para-hydroxylation sites is 1. The summed E-state index contributed by atoms with van der Waals surface area (Å²) < 4.78 is 5.19. The van der Waals surface area contributed by atoms with Crippen LogP contribution in [0.1, 0.15) is 0 Å². The third kappa shape index (κ3) is 2.10. The summed E-state index contributed by atoms with van der Waals surface area (Å²) in [6, 6.07) is 17.1. The molecule has 0 saturated heterocycles. The molecular formula is C16H13NO2. The van der Waals surface area contributed by atoms with Crippen molar-refractivity contribution in [3.63, 3.8) is 0 Å². The van der Waals surface area contributed by atoms with Crippen LogP contribution in [0.4, 0.5) is 0 Å². The summed E-state index contributed by atoms with van der Waals surface area (Å²) in [5.74, 6) is 0.741. The zero-order valence-corrected chi connectivity index (χ0v) is 10.5. The van der Waals surface area contributed by atoms with E-state index in [-0.39, 0.29) is 5.56 Å². The fourth-order valence-corrected chi connectivity index (χ4v) is 2.15. The second-order valence-electron chi connectivity index (χ2n) is 4.33. The minimum absolute atomic E-state index is 0.0908. The van der Waals surface area contributed by atoms with Gasteiger partial charge in [-0.3, -0.25) is 4.79 Å². The molecule has 3 heteroatoms. The Balaban J connectivity index is 2.24. The number of hydrogen-bond acceptors (Lipinski definition) is 2. The standard InChI is InChI=1S/C16H13NO2/c1-19-13-7-4-6-11(9-13)14-10-12-5-2-3-8-15(12)17-16(14)18/h2-10H,1H3,(H,17,18). The Morgan fingerprint density at radius 3 is 2.68 bits per heavy atom. The lowest BCUT2D eigenvalue weighted by molar-refractivity contribution is 0.415. The molecule has 0 saturated carbocycles. The Morgan fingerprint density at radius 1 is 1.00 bits per heavy atom. The topological polar surface area (TPSA) is 42.1 Å². The van der Waals surface area contributed by atoms with Gasteiger partial charge >= 0.3 is 0 Å². The maximum Gasteiger partial charge on any atom is 0.256 e. The van der Waals surface area contributed by atoms with Crippen LogP contribution in [0.25, 0.3) is 22.0 Å². The molecule has 19 heavy (non-hydrogen) atoms. The summed E-state index contributed by atoms with van der Waals surface area (Å²) in [4.78, 5) is 15.0. The minimum Gasteiger partial charge on any atom is -0.497 e. The molecule has 0 atom stereocenters. The first-order valence-electron chi connectivity index (χ1n) is 6.04. The molecule has 3 nitrogen and oxygen atoms in total. The van der Waals surface area contributed by atoms with E-state index >= 15 is 0 Å². The summed E-state index contributed by atoms with van der Waals surface area (Å²) in [5, 5.41) is 1.01. The van der Waals surface area contributed by atoms with Crippen molar-refractivity contribution >= 4 is 10.9 Å². The van der Waals surface area contributed by atoms with Gasteiger partial charge in [-0.1, -0.05) is 30.3 Å². The molecule has 0 aliphatic carbocycles. The molecular weight excluding hydrogens is 238 g/mol. The lowest BCUT2D eigenvalue weighted by Gasteiger charge is -2.05. The highest BCUT2D eigenvalue weighted by Crippen LogP contribution is 2.23. The number of hydrogen-bond donors (Lipinski definition) is 1. The molecule has 0 radical (unpaired) electrons. The van der Waals surface area contributed by atoms with Gasteiger partial charge in [0, 0.05) is 11.1 Å². The Morgan fingerprint density at radius 2 is 1.84 bits per heavy atom.